The summed E-state index contributed by atoms with van der Waals surface area (Å²) in [6.45, 7) is 0. The number of rotatable bonds is 3. The van der Waals surface area contributed by atoms with Crippen LogP contribution in [0.2, 0.25) is 0 Å². The maximum atomic E-state index is 12.5. The number of carbonyl (C=O) groups is 2. The lowest BCUT2D eigenvalue weighted by atomic mass is 9.84. The third kappa shape index (κ3) is 2.60. The van der Waals surface area contributed by atoms with Gasteiger partial charge in [0.15, 0.2) is 0 Å². The Hall–Kier alpha value is -2.62. The van der Waals surface area contributed by atoms with Crippen LogP contribution in [0.3, 0.4) is 0 Å². The van der Waals surface area contributed by atoms with Crippen molar-refractivity contribution in [2.75, 3.05) is 4.90 Å². The molecule has 1 saturated heterocycles. The number of nitrogens with zero attached hydrogens (tertiary/aromatic N) is 1. The van der Waals surface area contributed by atoms with E-state index in [9.17, 15) is 14.7 Å². The third-order valence-electron chi connectivity index (χ3n) is 4.09. The number of piperidine rings is 1. The highest BCUT2D eigenvalue weighted by atomic mass is 16.4. The van der Waals surface area contributed by atoms with Crippen LogP contribution in [0.15, 0.2) is 60.7 Å². The molecule has 1 aliphatic heterocycles. The third-order valence-corrected chi connectivity index (χ3v) is 4.09. The lowest BCUT2D eigenvalue weighted by Gasteiger charge is -2.39. The Morgan fingerprint density at radius 2 is 1.59 bits per heavy atom. The molecule has 3 rings (SSSR count). The normalized spacial score (nSPS) is 21.6. The van der Waals surface area contributed by atoms with Crippen LogP contribution in [-0.2, 0) is 9.59 Å². The lowest BCUT2D eigenvalue weighted by molar-refractivity contribution is -0.144. The van der Waals surface area contributed by atoms with Crippen molar-refractivity contribution in [1.29, 1.82) is 0 Å². The molecule has 0 radical (unpaired) electrons. The largest absolute Gasteiger partial charge is 0.481 e. The second kappa shape index (κ2) is 6.02. The summed E-state index contributed by atoms with van der Waals surface area (Å²) < 4.78 is 0. The standard InChI is InChI=1S/C18H17NO3/c20-16-12-11-15(18(21)22)17(13-7-3-1-4-8-13)19(16)14-9-5-2-6-10-14/h1-10,15,17H,11-12H2,(H,21,22)/t15-,17+/m0/s1. The molecular formula is C18H17NO3. The van der Waals surface area contributed by atoms with Crippen molar-refractivity contribution in [3.63, 3.8) is 0 Å². The molecule has 0 saturated carbocycles. The molecule has 0 bridgehead atoms. The molecule has 1 fully saturated rings. The second-order valence-electron chi connectivity index (χ2n) is 5.44. The molecule has 1 aliphatic rings. The van der Waals surface area contributed by atoms with E-state index >= 15 is 0 Å². The summed E-state index contributed by atoms with van der Waals surface area (Å²) in [5.41, 5.74) is 1.60. The number of carboxylic acid groups (broad SMARTS) is 1. The number of anilines is 1. The Bertz CT molecular complexity index is 669. The number of amides is 1. The molecule has 4 heteroatoms. The number of aliphatic carboxylic acids is 1. The van der Waals surface area contributed by atoms with Gasteiger partial charge in [0.25, 0.3) is 0 Å². The summed E-state index contributed by atoms with van der Waals surface area (Å²) in [6.07, 6.45) is 0.631. The summed E-state index contributed by atoms with van der Waals surface area (Å²) in [7, 11) is 0. The van der Waals surface area contributed by atoms with Gasteiger partial charge in [0.1, 0.15) is 0 Å². The lowest BCUT2D eigenvalue weighted by Crippen LogP contribution is -2.45. The fourth-order valence-corrected chi connectivity index (χ4v) is 3.08. The van der Waals surface area contributed by atoms with Crippen molar-refractivity contribution >= 4 is 17.6 Å². The first kappa shape index (κ1) is 14.3. The highest BCUT2D eigenvalue weighted by Gasteiger charge is 2.41. The number of carboxylic acids is 1. The summed E-state index contributed by atoms with van der Waals surface area (Å²) in [5.74, 6) is -1.49. The molecule has 2 aromatic rings. The Kier molecular flexibility index (Phi) is 3.92. The van der Waals surface area contributed by atoms with Gasteiger partial charge in [-0.05, 0) is 24.1 Å². The molecule has 0 aromatic heterocycles. The van der Waals surface area contributed by atoms with Crippen molar-refractivity contribution in [2.45, 2.75) is 18.9 Å². The van der Waals surface area contributed by atoms with E-state index in [1.54, 1.807) is 4.90 Å². The van der Waals surface area contributed by atoms with E-state index in [2.05, 4.69) is 0 Å². The van der Waals surface area contributed by atoms with Gasteiger partial charge in [-0.3, -0.25) is 9.59 Å². The maximum Gasteiger partial charge on any atom is 0.308 e. The van der Waals surface area contributed by atoms with Gasteiger partial charge < -0.3 is 10.0 Å². The molecule has 1 heterocycles. The Morgan fingerprint density at radius 3 is 2.18 bits per heavy atom. The molecule has 4 nitrogen and oxygen atoms in total. The predicted molar refractivity (Wildman–Crippen MR) is 83.5 cm³/mol. The zero-order valence-corrected chi connectivity index (χ0v) is 12.1. The summed E-state index contributed by atoms with van der Waals surface area (Å²) in [6, 6.07) is 18.2. The molecule has 1 amide bonds. The van der Waals surface area contributed by atoms with E-state index in [-0.39, 0.29) is 12.3 Å². The highest BCUT2D eigenvalue weighted by molar-refractivity contribution is 5.96. The van der Waals surface area contributed by atoms with Gasteiger partial charge in [0, 0.05) is 12.1 Å². The predicted octanol–water partition coefficient (Wildman–Crippen LogP) is 3.26. The highest BCUT2D eigenvalue weighted by Crippen LogP contribution is 2.39. The van der Waals surface area contributed by atoms with Crippen molar-refractivity contribution in [2.24, 2.45) is 5.92 Å². The first-order valence-corrected chi connectivity index (χ1v) is 7.33. The summed E-state index contributed by atoms with van der Waals surface area (Å²) in [4.78, 5) is 25.8. The number of carbonyl (C=O) groups excluding carboxylic acids is 1. The number of benzene rings is 2. The molecule has 1 N–H and O–H groups in total. The smallest absolute Gasteiger partial charge is 0.308 e. The van der Waals surface area contributed by atoms with Crippen LogP contribution in [0.1, 0.15) is 24.4 Å². The number of para-hydroxylation sites is 1. The average Bonchev–Trinajstić information content (AvgIpc) is 2.56. The van der Waals surface area contributed by atoms with Crippen LogP contribution < -0.4 is 4.90 Å². The molecule has 0 spiro atoms. The Labute approximate surface area is 129 Å². The van der Waals surface area contributed by atoms with Gasteiger partial charge in [-0.15, -0.1) is 0 Å². The fraction of sp³-hybridized carbons (Fsp3) is 0.222. The number of hydrogen-bond acceptors (Lipinski definition) is 2. The number of hydrogen-bond donors (Lipinski definition) is 1. The van der Waals surface area contributed by atoms with Crippen molar-refractivity contribution < 1.29 is 14.7 Å². The minimum atomic E-state index is -0.859. The minimum absolute atomic E-state index is 0.0300. The van der Waals surface area contributed by atoms with E-state index in [1.807, 2.05) is 60.7 Å². The molecular weight excluding hydrogens is 278 g/mol. The molecule has 2 atom stereocenters. The van der Waals surface area contributed by atoms with E-state index in [4.69, 9.17) is 0 Å². The van der Waals surface area contributed by atoms with Crippen LogP contribution in [0.25, 0.3) is 0 Å². The van der Waals surface area contributed by atoms with Gasteiger partial charge in [0.05, 0.1) is 12.0 Å². The zero-order chi connectivity index (χ0) is 15.5. The average molecular weight is 295 g/mol. The SMILES string of the molecule is O=C(O)[C@H]1CCC(=O)N(c2ccccc2)[C@@H]1c1ccccc1. The first-order valence-electron chi connectivity index (χ1n) is 7.33. The summed E-state index contributed by atoms with van der Waals surface area (Å²) >= 11 is 0. The van der Waals surface area contributed by atoms with Gasteiger partial charge >= 0.3 is 5.97 Å². The Balaban J connectivity index is 2.10. The van der Waals surface area contributed by atoms with Crippen LogP contribution in [0.4, 0.5) is 5.69 Å². The van der Waals surface area contributed by atoms with Crippen LogP contribution >= 0.6 is 0 Å². The van der Waals surface area contributed by atoms with E-state index < -0.39 is 17.9 Å². The molecule has 0 aliphatic carbocycles. The molecule has 2 aromatic carbocycles. The van der Waals surface area contributed by atoms with Crippen molar-refractivity contribution in [1.82, 2.24) is 0 Å². The zero-order valence-electron chi connectivity index (χ0n) is 12.1. The maximum absolute atomic E-state index is 12.5. The van der Waals surface area contributed by atoms with E-state index in [0.717, 1.165) is 11.3 Å². The van der Waals surface area contributed by atoms with E-state index in [1.165, 1.54) is 0 Å². The van der Waals surface area contributed by atoms with Crippen LogP contribution in [0, 0.1) is 5.92 Å². The topological polar surface area (TPSA) is 57.6 Å². The first-order chi connectivity index (χ1) is 10.7. The Morgan fingerprint density at radius 1 is 1.00 bits per heavy atom. The minimum Gasteiger partial charge on any atom is -0.481 e. The van der Waals surface area contributed by atoms with Gasteiger partial charge in [-0.25, -0.2) is 0 Å². The van der Waals surface area contributed by atoms with Crippen LogP contribution in [0.5, 0.6) is 0 Å². The summed E-state index contributed by atoms with van der Waals surface area (Å²) in [5, 5.41) is 9.58. The van der Waals surface area contributed by atoms with Crippen molar-refractivity contribution in [3.8, 4) is 0 Å². The van der Waals surface area contributed by atoms with Crippen LogP contribution in [-0.4, -0.2) is 17.0 Å². The monoisotopic (exact) mass is 295 g/mol. The molecule has 112 valence electrons. The fourth-order valence-electron chi connectivity index (χ4n) is 3.08. The second-order valence-corrected chi connectivity index (χ2v) is 5.44. The van der Waals surface area contributed by atoms with Gasteiger partial charge in [0.2, 0.25) is 5.91 Å². The van der Waals surface area contributed by atoms with Crippen molar-refractivity contribution in [3.05, 3.63) is 66.2 Å². The van der Waals surface area contributed by atoms with Gasteiger partial charge in [-0.2, -0.15) is 0 Å². The van der Waals surface area contributed by atoms with Gasteiger partial charge in [-0.1, -0.05) is 48.5 Å². The molecule has 22 heavy (non-hydrogen) atoms. The molecule has 0 unspecified atom stereocenters. The quantitative estimate of drug-likeness (QED) is 0.945. The van der Waals surface area contributed by atoms with E-state index in [0.29, 0.717) is 6.42 Å².